The van der Waals surface area contributed by atoms with Gasteiger partial charge in [0, 0.05) is 23.3 Å². The molecule has 2 N–H and O–H groups in total. The average molecular weight is 337 g/mol. The van der Waals surface area contributed by atoms with Gasteiger partial charge in [-0.25, -0.2) is 18.3 Å². The number of pyridine rings is 1. The summed E-state index contributed by atoms with van der Waals surface area (Å²) in [5.41, 5.74) is 9.28. The fraction of sp³-hybridized carbons (Fsp3) is 0.0556. The zero-order valence-electron chi connectivity index (χ0n) is 13.0. The molecule has 0 aliphatic heterocycles. The van der Waals surface area contributed by atoms with E-state index in [9.17, 15) is 8.78 Å². The standard InChI is InChI=1S/C18H13F2N5/c19-16(20)6-5-15-17-13(7-9-25(17)24-18(21)23-15)11-3-4-14-12(10-11)2-1-8-22-14/h1-10,16H,(H2,21,24)/b6-5-. The van der Waals surface area contributed by atoms with Gasteiger partial charge in [-0.3, -0.25) is 4.98 Å². The van der Waals surface area contributed by atoms with Crippen LogP contribution in [0.1, 0.15) is 5.69 Å². The van der Waals surface area contributed by atoms with Crippen molar-refractivity contribution in [3.05, 3.63) is 60.6 Å². The molecule has 7 heteroatoms. The zero-order valence-corrected chi connectivity index (χ0v) is 13.0. The van der Waals surface area contributed by atoms with Crippen LogP contribution in [0.2, 0.25) is 0 Å². The molecule has 0 atom stereocenters. The Morgan fingerprint density at radius 3 is 2.88 bits per heavy atom. The monoisotopic (exact) mass is 337 g/mol. The Kier molecular flexibility index (Phi) is 3.61. The average Bonchev–Trinajstić information content (AvgIpc) is 3.03. The van der Waals surface area contributed by atoms with Crippen LogP contribution in [0.25, 0.3) is 33.6 Å². The van der Waals surface area contributed by atoms with E-state index in [2.05, 4.69) is 15.1 Å². The number of nitrogen functional groups attached to an aromatic ring is 1. The summed E-state index contributed by atoms with van der Waals surface area (Å²) in [5.74, 6) is 0.0197. The Balaban J connectivity index is 1.94. The number of nitrogens with two attached hydrogens (primary N) is 1. The fourth-order valence-electron chi connectivity index (χ4n) is 2.83. The van der Waals surface area contributed by atoms with Crippen LogP contribution < -0.4 is 5.73 Å². The highest BCUT2D eigenvalue weighted by Crippen LogP contribution is 2.30. The number of nitrogens with zero attached hydrogens (tertiary/aromatic N) is 4. The minimum atomic E-state index is -2.57. The Morgan fingerprint density at radius 1 is 1.16 bits per heavy atom. The number of hydrogen-bond donors (Lipinski definition) is 1. The molecule has 0 unspecified atom stereocenters. The van der Waals surface area contributed by atoms with Gasteiger partial charge in [0.05, 0.1) is 16.7 Å². The molecule has 0 radical (unpaired) electrons. The molecule has 1 aromatic carbocycles. The molecule has 25 heavy (non-hydrogen) atoms. The van der Waals surface area contributed by atoms with E-state index in [0.29, 0.717) is 11.2 Å². The lowest BCUT2D eigenvalue weighted by Crippen LogP contribution is -2.03. The normalized spacial score (nSPS) is 12.0. The summed E-state index contributed by atoms with van der Waals surface area (Å²) in [4.78, 5) is 8.41. The summed E-state index contributed by atoms with van der Waals surface area (Å²) in [6.45, 7) is 0. The molecule has 0 fully saturated rings. The molecule has 3 heterocycles. The third-order valence-electron chi connectivity index (χ3n) is 3.87. The summed E-state index contributed by atoms with van der Waals surface area (Å²) in [5, 5.41) is 5.11. The van der Waals surface area contributed by atoms with Crippen LogP contribution in [-0.2, 0) is 0 Å². The van der Waals surface area contributed by atoms with Crippen molar-refractivity contribution in [2.45, 2.75) is 6.43 Å². The van der Waals surface area contributed by atoms with Crippen molar-refractivity contribution in [2.24, 2.45) is 0 Å². The molecule has 0 saturated heterocycles. The Hall–Kier alpha value is -3.35. The molecule has 3 aromatic heterocycles. The van der Waals surface area contributed by atoms with E-state index < -0.39 is 6.43 Å². The maximum Gasteiger partial charge on any atom is 0.257 e. The van der Waals surface area contributed by atoms with Gasteiger partial charge in [0.25, 0.3) is 6.43 Å². The van der Waals surface area contributed by atoms with Crippen LogP contribution in [0, 0.1) is 0 Å². The van der Waals surface area contributed by atoms with Gasteiger partial charge in [-0.15, -0.1) is 5.10 Å². The highest BCUT2D eigenvalue weighted by atomic mass is 19.3. The van der Waals surface area contributed by atoms with Gasteiger partial charge in [0.15, 0.2) is 0 Å². The predicted molar refractivity (Wildman–Crippen MR) is 93.2 cm³/mol. The topological polar surface area (TPSA) is 69.1 Å². The Morgan fingerprint density at radius 2 is 2.04 bits per heavy atom. The first-order chi connectivity index (χ1) is 12.1. The Bertz CT molecular complexity index is 1100. The second kappa shape index (κ2) is 5.94. The number of halogens is 2. The number of fused-ring (bicyclic) bond motifs is 2. The molecule has 0 aliphatic rings. The molecule has 124 valence electrons. The number of alkyl halides is 2. The summed E-state index contributed by atoms with van der Waals surface area (Å²) in [6, 6.07) is 11.5. The van der Waals surface area contributed by atoms with Gasteiger partial charge in [-0.2, -0.15) is 0 Å². The van der Waals surface area contributed by atoms with Crippen molar-refractivity contribution in [3.63, 3.8) is 0 Å². The fourth-order valence-corrected chi connectivity index (χ4v) is 2.83. The molecular formula is C18H13F2N5. The lowest BCUT2D eigenvalue weighted by atomic mass is 10.0. The van der Waals surface area contributed by atoms with E-state index in [1.807, 2.05) is 36.4 Å². The van der Waals surface area contributed by atoms with Gasteiger partial charge in [0.2, 0.25) is 5.95 Å². The quantitative estimate of drug-likeness (QED) is 0.617. The van der Waals surface area contributed by atoms with Gasteiger partial charge in [0.1, 0.15) is 0 Å². The number of allylic oxidation sites excluding steroid dienone is 1. The number of aromatic nitrogens is 4. The molecule has 0 bridgehead atoms. The first kappa shape index (κ1) is 15.2. The van der Waals surface area contributed by atoms with Crippen LogP contribution in [0.4, 0.5) is 14.7 Å². The molecule has 0 saturated carbocycles. The predicted octanol–water partition coefficient (Wildman–Crippen LogP) is 3.81. The maximum absolute atomic E-state index is 12.6. The minimum Gasteiger partial charge on any atom is -0.367 e. The number of hydrogen-bond acceptors (Lipinski definition) is 4. The summed E-state index contributed by atoms with van der Waals surface area (Å²) >= 11 is 0. The van der Waals surface area contributed by atoms with Crippen molar-refractivity contribution in [1.82, 2.24) is 19.6 Å². The van der Waals surface area contributed by atoms with Crippen molar-refractivity contribution >= 4 is 28.4 Å². The van der Waals surface area contributed by atoms with E-state index in [4.69, 9.17) is 5.73 Å². The third-order valence-corrected chi connectivity index (χ3v) is 3.87. The van der Waals surface area contributed by atoms with Crippen molar-refractivity contribution in [1.29, 1.82) is 0 Å². The maximum atomic E-state index is 12.6. The molecule has 0 aliphatic carbocycles. The van der Waals surface area contributed by atoms with E-state index in [0.717, 1.165) is 28.1 Å². The first-order valence-corrected chi connectivity index (χ1v) is 7.58. The molecule has 4 aromatic rings. The Labute approximate surface area is 141 Å². The summed E-state index contributed by atoms with van der Waals surface area (Å²) < 4.78 is 26.7. The van der Waals surface area contributed by atoms with Crippen molar-refractivity contribution < 1.29 is 8.78 Å². The molecule has 0 spiro atoms. The largest absolute Gasteiger partial charge is 0.367 e. The summed E-state index contributed by atoms with van der Waals surface area (Å²) in [6.07, 6.45) is 2.95. The highest BCUT2D eigenvalue weighted by molar-refractivity contribution is 5.91. The van der Waals surface area contributed by atoms with Crippen molar-refractivity contribution in [3.8, 4) is 11.1 Å². The van der Waals surface area contributed by atoms with Gasteiger partial charge < -0.3 is 5.73 Å². The van der Waals surface area contributed by atoms with Crippen molar-refractivity contribution in [2.75, 3.05) is 5.73 Å². The molecule has 0 amide bonds. The van der Waals surface area contributed by atoms with E-state index in [-0.39, 0.29) is 5.95 Å². The number of rotatable bonds is 3. The van der Waals surface area contributed by atoms with E-state index in [1.165, 1.54) is 6.08 Å². The second-order valence-corrected chi connectivity index (χ2v) is 5.48. The van der Waals surface area contributed by atoms with Crippen LogP contribution in [0.15, 0.2) is 54.9 Å². The SMILES string of the molecule is Nc1nc(/C=C\C(F)F)c2c(-c3ccc4ncccc4c3)ccn2n1. The number of benzene rings is 1. The lowest BCUT2D eigenvalue weighted by molar-refractivity contribution is 0.205. The van der Waals surface area contributed by atoms with Gasteiger partial charge in [-0.1, -0.05) is 12.1 Å². The molecule has 5 nitrogen and oxygen atoms in total. The second-order valence-electron chi connectivity index (χ2n) is 5.48. The van der Waals surface area contributed by atoms with Crippen LogP contribution in [-0.4, -0.2) is 26.0 Å². The van der Waals surface area contributed by atoms with Crippen LogP contribution >= 0.6 is 0 Å². The zero-order chi connectivity index (χ0) is 17.4. The van der Waals surface area contributed by atoms with Crippen LogP contribution in [0.5, 0.6) is 0 Å². The minimum absolute atomic E-state index is 0.0197. The van der Waals surface area contributed by atoms with E-state index in [1.54, 1.807) is 16.9 Å². The summed E-state index contributed by atoms with van der Waals surface area (Å²) in [7, 11) is 0. The first-order valence-electron chi connectivity index (χ1n) is 7.58. The van der Waals surface area contributed by atoms with Gasteiger partial charge >= 0.3 is 0 Å². The third kappa shape index (κ3) is 2.80. The smallest absolute Gasteiger partial charge is 0.257 e. The molecular weight excluding hydrogens is 324 g/mol. The molecule has 4 rings (SSSR count). The highest BCUT2D eigenvalue weighted by Gasteiger charge is 2.13. The van der Waals surface area contributed by atoms with Crippen LogP contribution in [0.3, 0.4) is 0 Å². The van der Waals surface area contributed by atoms with E-state index >= 15 is 0 Å². The lowest BCUT2D eigenvalue weighted by Gasteiger charge is -2.06. The number of anilines is 1. The van der Waals surface area contributed by atoms with Gasteiger partial charge in [-0.05, 0) is 42.0 Å².